The van der Waals surface area contributed by atoms with E-state index in [2.05, 4.69) is 10.3 Å². The van der Waals surface area contributed by atoms with Gasteiger partial charge in [-0.3, -0.25) is 9.59 Å². The molecule has 1 aliphatic heterocycles. The molecule has 1 aliphatic rings. The van der Waals surface area contributed by atoms with Gasteiger partial charge in [0.2, 0.25) is 0 Å². The minimum atomic E-state index is -1.65. The van der Waals surface area contributed by atoms with Crippen molar-refractivity contribution in [2.75, 3.05) is 7.11 Å². The van der Waals surface area contributed by atoms with Gasteiger partial charge in [0.05, 0.1) is 24.8 Å². The van der Waals surface area contributed by atoms with Crippen molar-refractivity contribution in [3.63, 3.8) is 0 Å². The fourth-order valence-corrected chi connectivity index (χ4v) is 3.88. The third-order valence-electron chi connectivity index (χ3n) is 5.54. The highest BCUT2D eigenvalue weighted by atomic mass is 16.5. The molecule has 2 aromatic rings. The lowest BCUT2D eigenvalue weighted by atomic mass is 9.95. The Morgan fingerprint density at radius 3 is 2.50 bits per heavy atom. The molecule has 0 fully saturated rings. The molecule has 3 rings (SSSR count). The van der Waals surface area contributed by atoms with Crippen LogP contribution in [0.1, 0.15) is 51.1 Å². The molecule has 1 unspecified atom stereocenters. The van der Waals surface area contributed by atoms with Crippen molar-refractivity contribution in [3.8, 4) is 11.5 Å². The number of amides is 1. The number of guanidine groups is 1. The Morgan fingerprint density at radius 1 is 1.14 bits per heavy atom. The highest BCUT2D eigenvalue weighted by molar-refractivity contribution is 6.00. The second kappa shape index (κ2) is 11.2. The topological polar surface area (TPSA) is 204 Å². The maximum absolute atomic E-state index is 13.1. The van der Waals surface area contributed by atoms with Gasteiger partial charge in [-0.05, 0) is 55.5 Å². The molecule has 1 atom stereocenters. The second-order valence-corrected chi connectivity index (χ2v) is 8.09. The van der Waals surface area contributed by atoms with Crippen LogP contribution >= 0.6 is 0 Å². The third kappa shape index (κ3) is 6.29. The Labute approximate surface area is 205 Å². The van der Waals surface area contributed by atoms with Gasteiger partial charge in [-0.25, -0.2) is 14.6 Å². The summed E-state index contributed by atoms with van der Waals surface area (Å²) in [4.78, 5) is 52.6. The number of fused-ring (bicyclic) bond motifs is 2. The van der Waals surface area contributed by atoms with E-state index in [9.17, 15) is 24.3 Å². The predicted molar refractivity (Wildman–Crippen MR) is 128 cm³/mol. The van der Waals surface area contributed by atoms with Gasteiger partial charge in [0, 0.05) is 17.2 Å². The molecule has 2 aromatic carbocycles. The minimum absolute atomic E-state index is 0.0256. The number of aryl methyl sites for hydroxylation is 1. The lowest BCUT2D eigenvalue weighted by Gasteiger charge is -2.20. The number of methoxy groups -OCH3 is 1. The first-order valence-electron chi connectivity index (χ1n) is 11.0. The van der Waals surface area contributed by atoms with Gasteiger partial charge in [-0.1, -0.05) is 0 Å². The van der Waals surface area contributed by atoms with Crippen LogP contribution in [0.15, 0.2) is 35.3 Å². The number of carbonyl (C=O) groups excluding carboxylic acids is 2. The monoisotopic (exact) mass is 498 g/mol. The quantitative estimate of drug-likeness (QED) is 0.160. The molecular formula is C24H26N4O8. The number of carboxylic acids is 2. The molecular weight excluding hydrogens is 472 g/mol. The fourth-order valence-electron chi connectivity index (χ4n) is 3.88. The summed E-state index contributed by atoms with van der Waals surface area (Å²) in [6.07, 6.45) is 1.29. The van der Waals surface area contributed by atoms with Crippen LogP contribution in [0.2, 0.25) is 0 Å². The third-order valence-corrected chi connectivity index (χ3v) is 5.54. The zero-order chi connectivity index (χ0) is 26.4. The van der Waals surface area contributed by atoms with Crippen LogP contribution in [0.25, 0.3) is 0 Å². The first-order chi connectivity index (χ1) is 17.1. The number of carbonyl (C=O) groups is 4. The average Bonchev–Trinajstić information content (AvgIpc) is 2.80. The van der Waals surface area contributed by atoms with Crippen molar-refractivity contribution in [1.29, 1.82) is 0 Å². The van der Waals surface area contributed by atoms with Crippen LogP contribution in [-0.4, -0.2) is 53.1 Å². The van der Waals surface area contributed by atoms with E-state index in [4.69, 9.17) is 26.0 Å². The molecule has 0 bridgehead atoms. The van der Waals surface area contributed by atoms with Gasteiger partial charge in [-0.15, -0.1) is 0 Å². The largest absolute Gasteiger partial charge is 0.497 e. The van der Waals surface area contributed by atoms with Gasteiger partial charge < -0.3 is 36.5 Å². The number of hydrogen-bond donors (Lipinski definition) is 5. The summed E-state index contributed by atoms with van der Waals surface area (Å²) in [5.74, 6) is -4.21. The van der Waals surface area contributed by atoms with Gasteiger partial charge in [0.15, 0.2) is 5.96 Å². The summed E-state index contributed by atoms with van der Waals surface area (Å²) in [6.45, 7) is 0. The number of rotatable bonds is 7. The van der Waals surface area contributed by atoms with E-state index in [0.717, 1.165) is 0 Å². The highest BCUT2D eigenvalue weighted by Crippen LogP contribution is 2.33. The van der Waals surface area contributed by atoms with Gasteiger partial charge in [0.1, 0.15) is 17.5 Å². The van der Waals surface area contributed by atoms with Crippen LogP contribution < -0.4 is 26.3 Å². The summed E-state index contributed by atoms with van der Waals surface area (Å²) < 4.78 is 10.9. The molecule has 12 nitrogen and oxygen atoms in total. The Morgan fingerprint density at radius 2 is 1.86 bits per heavy atom. The van der Waals surface area contributed by atoms with E-state index in [1.807, 2.05) is 0 Å². The minimum Gasteiger partial charge on any atom is -0.497 e. The molecule has 36 heavy (non-hydrogen) atoms. The summed E-state index contributed by atoms with van der Waals surface area (Å²) in [7, 11) is 1.36. The number of nitrogens with one attached hydrogen (secondary N) is 1. The maximum Gasteiger partial charge on any atom is 0.343 e. The van der Waals surface area contributed by atoms with E-state index in [0.29, 0.717) is 48.1 Å². The maximum atomic E-state index is 13.1. The summed E-state index contributed by atoms with van der Waals surface area (Å²) >= 11 is 0. The van der Waals surface area contributed by atoms with Gasteiger partial charge in [-0.2, -0.15) is 0 Å². The van der Waals surface area contributed by atoms with Crippen LogP contribution in [0.3, 0.4) is 0 Å². The van der Waals surface area contributed by atoms with Crippen molar-refractivity contribution < 1.29 is 38.9 Å². The van der Waals surface area contributed by atoms with Crippen molar-refractivity contribution in [2.24, 2.45) is 16.5 Å². The van der Waals surface area contributed by atoms with E-state index in [1.165, 1.54) is 19.2 Å². The molecule has 0 radical (unpaired) electrons. The Kier molecular flexibility index (Phi) is 8.10. The molecule has 1 heterocycles. The Balaban J connectivity index is 2.01. The van der Waals surface area contributed by atoms with E-state index in [-0.39, 0.29) is 23.0 Å². The number of benzene rings is 2. The van der Waals surface area contributed by atoms with Crippen molar-refractivity contribution >= 4 is 35.5 Å². The lowest BCUT2D eigenvalue weighted by Crippen LogP contribution is -2.42. The number of nitrogens with two attached hydrogens (primary N) is 2. The van der Waals surface area contributed by atoms with Crippen molar-refractivity contribution in [2.45, 2.75) is 38.1 Å². The first kappa shape index (κ1) is 26.0. The average molecular weight is 498 g/mol. The standard InChI is InChI=1S/C24H26N4O8/c1-35-14-9-17(21(31)28-18(22(32)33)11-20(29)30)16-5-3-2-4-12-8-13(27-24(25)26)6-7-15(12)23(34)36-19(16)10-14/h6-10,18H,2-5,11H2,1H3,(H,28,31)(H,29,30)(H,32,33)(H4,25,26,27). The molecule has 0 aromatic heterocycles. The number of nitrogens with zero attached hydrogens (tertiary/aromatic N) is 1. The Hall–Kier alpha value is -4.61. The number of carboxylic acid groups (broad SMARTS) is 2. The number of hydrogen-bond acceptors (Lipinski definition) is 7. The fraction of sp³-hybridized carbons (Fsp3) is 0.292. The van der Waals surface area contributed by atoms with Crippen molar-refractivity contribution in [1.82, 2.24) is 5.32 Å². The second-order valence-electron chi connectivity index (χ2n) is 8.09. The molecule has 12 heteroatoms. The molecule has 0 spiro atoms. The molecule has 1 amide bonds. The normalized spacial score (nSPS) is 13.8. The first-order valence-corrected chi connectivity index (χ1v) is 11.0. The number of ether oxygens (including phenoxy) is 2. The lowest BCUT2D eigenvalue weighted by molar-refractivity contribution is -0.145. The molecule has 0 aliphatic carbocycles. The van der Waals surface area contributed by atoms with Gasteiger partial charge in [0.25, 0.3) is 5.91 Å². The smallest absolute Gasteiger partial charge is 0.343 e. The van der Waals surface area contributed by atoms with Crippen LogP contribution in [-0.2, 0) is 22.4 Å². The van der Waals surface area contributed by atoms with Crippen LogP contribution in [0.4, 0.5) is 5.69 Å². The molecule has 7 N–H and O–H groups in total. The van der Waals surface area contributed by atoms with E-state index >= 15 is 0 Å². The van der Waals surface area contributed by atoms with E-state index in [1.54, 1.807) is 18.2 Å². The number of aliphatic carboxylic acids is 2. The number of esters is 1. The Bertz CT molecular complexity index is 1240. The molecule has 0 saturated carbocycles. The summed E-state index contributed by atoms with van der Waals surface area (Å²) in [5, 5.41) is 20.5. The van der Waals surface area contributed by atoms with Gasteiger partial charge >= 0.3 is 17.9 Å². The van der Waals surface area contributed by atoms with Crippen molar-refractivity contribution in [3.05, 3.63) is 52.6 Å². The molecule has 190 valence electrons. The summed E-state index contributed by atoms with van der Waals surface area (Å²) in [5.41, 5.74) is 12.8. The number of aliphatic imine (C=N–C) groups is 1. The highest BCUT2D eigenvalue weighted by Gasteiger charge is 2.27. The van der Waals surface area contributed by atoms with Crippen LogP contribution in [0.5, 0.6) is 11.5 Å². The van der Waals surface area contributed by atoms with Crippen LogP contribution in [0, 0.1) is 0 Å². The van der Waals surface area contributed by atoms with E-state index < -0.39 is 36.3 Å². The SMILES string of the molecule is COc1cc2c(c(C(=O)NC(CC(=O)O)C(=O)O)c1)CCCCc1cc(N=C(N)N)ccc1C(=O)O2. The predicted octanol–water partition coefficient (Wildman–Crippen LogP) is 1.36. The molecule has 0 saturated heterocycles. The summed E-state index contributed by atoms with van der Waals surface area (Å²) in [6, 6.07) is 6.04. The zero-order valence-electron chi connectivity index (χ0n) is 19.4. The zero-order valence-corrected chi connectivity index (χ0v) is 19.4.